The van der Waals surface area contributed by atoms with Gasteiger partial charge in [-0.05, 0) is 6.08 Å². The number of carbonyl (C=O) groups excluding carboxylic acids is 2. The molecule has 10 nitrogen and oxygen atoms in total. The molecule has 5 atom stereocenters. The van der Waals surface area contributed by atoms with Crippen LogP contribution in [0.2, 0.25) is 0 Å². The van der Waals surface area contributed by atoms with Crippen molar-refractivity contribution < 1.29 is 44.3 Å². The molecule has 0 fully saturated rings. The lowest BCUT2D eigenvalue weighted by molar-refractivity contribution is -0.156. The van der Waals surface area contributed by atoms with E-state index in [1.54, 1.807) is 0 Å². The number of hydrogen-bond donors (Lipinski definition) is 5. The van der Waals surface area contributed by atoms with Crippen LogP contribution in [-0.4, -0.2) is 75.3 Å². The van der Waals surface area contributed by atoms with Gasteiger partial charge in [-0.3, -0.25) is 9.59 Å². The number of amides is 1. The van der Waals surface area contributed by atoms with Crippen LogP contribution in [0.4, 0.5) is 0 Å². The van der Waals surface area contributed by atoms with E-state index in [1.807, 2.05) is 0 Å². The summed E-state index contributed by atoms with van der Waals surface area (Å²) in [6, 6.07) is -1.20. The van der Waals surface area contributed by atoms with Crippen LogP contribution in [0, 0.1) is 0 Å². The Morgan fingerprint density at radius 3 is 2.43 bits per heavy atom. The van der Waals surface area contributed by atoms with E-state index < -0.39 is 60.7 Å². The average Bonchev–Trinajstić information content (AvgIpc) is 2.45. The van der Waals surface area contributed by atoms with E-state index in [2.05, 4.69) is 10.1 Å². The summed E-state index contributed by atoms with van der Waals surface area (Å²) in [4.78, 5) is 32.9. The number of aliphatic hydroxyl groups is 3. The zero-order valence-corrected chi connectivity index (χ0v) is 12.5. The molecule has 10 heteroatoms. The molecule has 130 valence electrons. The number of nitrogens with one attached hydrogen (secondary N) is 1. The van der Waals surface area contributed by atoms with Gasteiger partial charge in [0.2, 0.25) is 11.7 Å². The van der Waals surface area contributed by atoms with Crippen LogP contribution >= 0.6 is 0 Å². The Labute approximate surface area is 131 Å². The molecule has 0 aromatic heterocycles. The topological polar surface area (TPSA) is 163 Å². The first kappa shape index (κ1) is 18.9. The molecule has 0 unspecified atom stereocenters. The third-order valence-electron chi connectivity index (χ3n) is 3.08. The summed E-state index contributed by atoms with van der Waals surface area (Å²) in [5.74, 6) is -3.37. The highest BCUT2D eigenvalue weighted by atomic mass is 16.6. The summed E-state index contributed by atoms with van der Waals surface area (Å²) in [6.07, 6.45) is -5.40. The van der Waals surface area contributed by atoms with Gasteiger partial charge in [0, 0.05) is 13.8 Å². The van der Waals surface area contributed by atoms with Gasteiger partial charge < -0.3 is 35.2 Å². The maximum atomic E-state index is 11.2. The molecule has 0 saturated carbocycles. The zero-order valence-electron chi connectivity index (χ0n) is 12.5. The Hall–Kier alpha value is -2.17. The molecule has 5 N–H and O–H groups in total. The Kier molecular flexibility index (Phi) is 6.49. The van der Waals surface area contributed by atoms with Gasteiger partial charge in [-0.15, -0.1) is 0 Å². The number of ether oxygens (including phenoxy) is 2. The third kappa shape index (κ3) is 5.20. The van der Waals surface area contributed by atoms with Crippen LogP contribution in [0.25, 0.3) is 0 Å². The Morgan fingerprint density at radius 2 is 1.96 bits per heavy atom. The summed E-state index contributed by atoms with van der Waals surface area (Å²) in [6.45, 7) is 1.69. The van der Waals surface area contributed by atoms with Crippen molar-refractivity contribution in [2.45, 2.75) is 44.3 Å². The summed E-state index contributed by atoms with van der Waals surface area (Å²) in [5, 5.41) is 41.1. The standard InChI is InChI=1S/C13H19NO9/c1-5(15)14-10-7(17)3-9(13(20)21)23-12(10)11(19)8(18)4-22-6(2)16/h3,7-8,10-12,17-19H,4H2,1-2H3,(H,14,15)(H,20,21)/t7-,8+,10+,11+,12+/m0/s1. The van der Waals surface area contributed by atoms with Gasteiger partial charge in [-0.2, -0.15) is 0 Å². The molecule has 1 aliphatic heterocycles. The minimum atomic E-state index is -1.73. The first-order valence-corrected chi connectivity index (χ1v) is 6.70. The van der Waals surface area contributed by atoms with E-state index in [0.717, 1.165) is 19.9 Å². The van der Waals surface area contributed by atoms with Gasteiger partial charge in [0.25, 0.3) is 0 Å². The average molecular weight is 333 g/mol. The first-order valence-electron chi connectivity index (χ1n) is 6.70. The fraction of sp³-hybridized carbons (Fsp3) is 0.615. The van der Waals surface area contributed by atoms with Crippen molar-refractivity contribution in [2.24, 2.45) is 0 Å². The maximum absolute atomic E-state index is 11.2. The Balaban J connectivity index is 2.96. The number of aliphatic carboxylic acids is 1. The largest absolute Gasteiger partial charge is 0.478 e. The second-order valence-corrected chi connectivity index (χ2v) is 5.00. The number of carbonyl (C=O) groups is 3. The number of hydrogen-bond acceptors (Lipinski definition) is 8. The molecule has 0 bridgehead atoms. The molecule has 1 rings (SSSR count). The van der Waals surface area contributed by atoms with Crippen molar-refractivity contribution in [2.75, 3.05) is 6.61 Å². The van der Waals surface area contributed by atoms with E-state index in [1.165, 1.54) is 0 Å². The van der Waals surface area contributed by atoms with E-state index >= 15 is 0 Å². The zero-order chi connectivity index (χ0) is 17.7. The first-order chi connectivity index (χ1) is 10.6. The number of esters is 1. The van der Waals surface area contributed by atoms with Gasteiger partial charge in [-0.25, -0.2) is 4.79 Å². The fourth-order valence-corrected chi connectivity index (χ4v) is 2.04. The minimum Gasteiger partial charge on any atom is -0.478 e. The van der Waals surface area contributed by atoms with Gasteiger partial charge in [0.15, 0.2) is 6.10 Å². The van der Waals surface area contributed by atoms with Crippen LogP contribution < -0.4 is 5.32 Å². The van der Waals surface area contributed by atoms with E-state index in [-0.39, 0.29) is 0 Å². The lowest BCUT2D eigenvalue weighted by Crippen LogP contribution is -2.60. The maximum Gasteiger partial charge on any atom is 0.370 e. The second kappa shape index (κ2) is 7.90. The minimum absolute atomic E-state index is 0.559. The van der Waals surface area contributed by atoms with Crippen LogP contribution in [-0.2, 0) is 23.9 Å². The summed E-state index contributed by atoms with van der Waals surface area (Å²) in [5.41, 5.74) is 0. The number of rotatable bonds is 6. The highest BCUT2D eigenvalue weighted by molar-refractivity contribution is 5.84. The van der Waals surface area contributed by atoms with E-state index in [9.17, 15) is 29.7 Å². The smallest absolute Gasteiger partial charge is 0.370 e. The Morgan fingerprint density at radius 1 is 1.35 bits per heavy atom. The van der Waals surface area contributed by atoms with Crippen molar-refractivity contribution in [3.8, 4) is 0 Å². The van der Waals surface area contributed by atoms with Gasteiger partial charge in [-0.1, -0.05) is 0 Å². The molecular weight excluding hydrogens is 314 g/mol. The van der Waals surface area contributed by atoms with Crippen molar-refractivity contribution in [1.82, 2.24) is 5.32 Å². The molecule has 0 aliphatic carbocycles. The molecule has 1 heterocycles. The lowest BCUT2D eigenvalue weighted by Gasteiger charge is -2.38. The molecule has 0 aromatic carbocycles. The molecule has 1 aliphatic rings. The molecular formula is C13H19NO9. The quantitative estimate of drug-likeness (QED) is 0.331. The molecule has 0 saturated heterocycles. The van der Waals surface area contributed by atoms with E-state index in [4.69, 9.17) is 9.84 Å². The van der Waals surface area contributed by atoms with Crippen LogP contribution in [0.5, 0.6) is 0 Å². The van der Waals surface area contributed by atoms with Crippen molar-refractivity contribution in [3.63, 3.8) is 0 Å². The molecule has 23 heavy (non-hydrogen) atoms. The van der Waals surface area contributed by atoms with Crippen molar-refractivity contribution in [1.29, 1.82) is 0 Å². The molecule has 0 spiro atoms. The number of aliphatic hydroxyl groups excluding tert-OH is 3. The van der Waals surface area contributed by atoms with Crippen LogP contribution in [0.15, 0.2) is 11.8 Å². The normalized spacial score (nSPS) is 26.3. The molecule has 0 radical (unpaired) electrons. The van der Waals surface area contributed by atoms with Gasteiger partial charge in [0.1, 0.15) is 24.9 Å². The Bertz CT molecular complexity index is 504. The van der Waals surface area contributed by atoms with Crippen molar-refractivity contribution in [3.05, 3.63) is 11.8 Å². The van der Waals surface area contributed by atoms with Gasteiger partial charge >= 0.3 is 11.9 Å². The lowest BCUT2D eigenvalue weighted by atomic mass is 9.94. The fourth-order valence-electron chi connectivity index (χ4n) is 2.04. The van der Waals surface area contributed by atoms with Crippen molar-refractivity contribution >= 4 is 17.8 Å². The summed E-state index contributed by atoms with van der Waals surface area (Å²) >= 11 is 0. The van der Waals surface area contributed by atoms with Crippen LogP contribution in [0.1, 0.15) is 13.8 Å². The predicted octanol–water partition coefficient (Wildman–Crippen LogP) is -2.50. The van der Waals surface area contributed by atoms with E-state index in [0.29, 0.717) is 0 Å². The number of carboxylic acid groups (broad SMARTS) is 1. The predicted molar refractivity (Wildman–Crippen MR) is 72.8 cm³/mol. The summed E-state index contributed by atoms with van der Waals surface area (Å²) in [7, 11) is 0. The SMILES string of the molecule is CC(=O)N[C@H]1[C@H]([C@H](O)[C@H](O)COC(C)=O)OC(C(=O)O)=C[C@@H]1O. The highest BCUT2D eigenvalue weighted by Gasteiger charge is 2.43. The summed E-state index contributed by atoms with van der Waals surface area (Å²) < 4.78 is 9.61. The second-order valence-electron chi connectivity index (χ2n) is 5.00. The van der Waals surface area contributed by atoms with Gasteiger partial charge in [0.05, 0.1) is 6.04 Å². The number of carboxylic acids is 1. The third-order valence-corrected chi connectivity index (χ3v) is 3.08. The monoisotopic (exact) mass is 333 g/mol. The molecule has 1 amide bonds. The van der Waals surface area contributed by atoms with Crippen LogP contribution in [0.3, 0.4) is 0 Å². The highest BCUT2D eigenvalue weighted by Crippen LogP contribution is 2.23. The molecule has 0 aromatic rings.